The van der Waals surface area contributed by atoms with Gasteiger partial charge in [0.25, 0.3) is 5.91 Å². The summed E-state index contributed by atoms with van der Waals surface area (Å²) < 4.78 is 37.8. The first kappa shape index (κ1) is 25.2. The van der Waals surface area contributed by atoms with Gasteiger partial charge in [-0.2, -0.15) is 4.31 Å². The fourth-order valence-electron chi connectivity index (χ4n) is 3.44. The van der Waals surface area contributed by atoms with Gasteiger partial charge < -0.3 is 20.1 Å². The van der Waals surface area contributed by atoms with Crippen LogP contribution in [0.3, 0.4) is 0 Å². The predicted molar refractivity (Wildman–Crippen MR) is 125 cm³/mol. The zero-order valence-electron chi connectivity index (χ0n) is 19.2. The number of hydrogen-bond acceptors (Lipinski definition) is 7. The van der Waals surface area contributed by atoms with E-state index in [0.717, 1.165) is 12.8 Å². The van der Waals surface area contributed by atoms with Crippen LogP contribution < -0.4 is 15.4 Å². The standard InChI is InChI=1S/C23H27N3O7S/c1-15(22(28)25-19-9-7-18(8-10-19)24-16(2)27)33-23(29)17-6-11-20(32-3)21(14-17)34(30,31)26-12-4-5-13-26/h6-11,14-15H,4-5,12-13H2,1-3H3,(H,24,27)(H,25,28)/t15-/m1/s1. The van der Waals surface area contributed by atoms with Gasteiger partial charge in [0.2, 0.25) is 15.9 Å². The van der Waals surface area contributed by atoms with Crippen LogP contribution in [0.1, 0.15) is 37.0 Å². The third-order valence-electron chi connectivity index (χ3n) is 5.21. The first-order valence-corrected chi connectivity index (χ1v) is 12.1. The van der Waals surface area contributed by atoms with Crippen LogP contribution in [0.4, 0.5) is 11.4 Å². The highest BCUT2D eigenvalue weighted by atomic mass is 32.2. The van der Waals surface area contributed by atoms with Crippen LogP contribution in [0.2, 0.25) is 0 Å². The molecule has 1 fully saturated rings. The number of carbonyl (C=O) groups excluding carboxylic acids is 3. The maximum absolute atomic E-state index is 13.0. The summed E-state index contributed by atoms with van der Waals surface area (Å²) in [6.45, 7) is 3.61. The highest BCUT2D eigenvalue weighted by Gasteiger charge is 2.31. The number of esters is 1. The van der Waals surface area contributed by atoms with Gasteiger partial charge in [0.15, 0.2) is 6.10 Å². The summed E-state index contributed by atoms with van der Waals surface area (Å²) in [5.74, 6) is -1.51. The zero-order valence-corrected chi connectivity index (χ0v) is 20.0. The molecule has 1 aliphatic heterocycles. The van der Waals surface area contributed by atoms with Crippen molar-refractivity contribution >= 4 is 39.2 Å². The van der Waals surface area contributed by atoms with Crippen molar-refractivity contribution in [1.29, 1.82) is 0 Å². The van der Waals surface area contributed by atoms with Crippen molar-refractivity contribution in [1.82, 2.24) is 4.31 Å². The Morgan fingerprint density at radius 2 is 1.56 bits per heavy atom. The number of anilines is 2. The van der Waals surface area contributed by atoms with Gasteiger partial charge in [0, 0.05) is 31.4 Å². The maximum atomic E-state index is 13.0. The van der Waals surface area contributed by atoms with Crippen LogP contribution in [-0.2, 0) is 24.3 Å². The summed E-state index contributed by atoms with van der Waals surface area (Å²) >= 11 is 0. The minimum Gasteiger partial charge on any atom is -0.495 e. The normalized spacial score (nSPS) is 14.8. The number of sulfonamides is 1. The first-order valence-electron chi connectivity index (χ1n) is 10.7. The van der Waals surface area contributed by atoms with Gasteiger partial charge >= 0.3 is 5.97 Å². The summed E-state index contributed by atoms with van der Waals surface area (Å²) in [4.78, 5) is 36.1. The molecule has 0 spiro atoms. The molecular formula is C23H27N3O7S. The number of benzene rings is 2. The summed E-state index contributed by atoms with van der Waals surface area (Å²) in [7, 11) is -2.49. The van der Waals surface area contributed by atoms with Gasteiger partial charge in [0.05, 0.1) is 12.7 Å². The molecule has 2 amide bonds. The molecule has 11 heteroatoms. The molecule has 182 valence electrons. The topological polar surface area (TPSA) is 131 Å². The molecule has 3 rings (SSSR count). The van der Waals surface area contributed by atoms with E-state index in [1.807, 2.05) is 0 Å². The number of nitrogens with one attached hydrogen (secondary N) is 2. The summed E-state index contributed by atoms with van der Waals surface area (Å²) in [5.41, 5.74) is 1.01. The van der Waals surface area contributed by atoms with Crippen LogP contribution in [0.25, 0.3) is 0 Å². The van der Waals surface area contributed by atoms with Gasteiger partial charge in [-0.15, -0.1) is 0 Å². The Hall–Kier alpha value is -3.44. The third-order valence-corrected chi connectivity index (χ3v) is 7.13. The largest absolute Gasteiger partial charge is 0.495 e. The van der Waals surface area contributed by atoms with Crippen molar-refractivity contribution < 1.29 is 32.3 Å². The van der Waals surface area contributed by atoms with E-state index < -0.39 is 28.0 Å². The van der Waals surface area contributed by atoms with Crippen LogP contribution in [0.5, 0.6) is 5.75 Å². The molecular weight excluding hydrogens is 462 g/mol. The Bertz CT molecular complexity index is 1170. The van der Waals surface area contributed by atoms with E-state index in [2.05, 4.69) is 10.6 Å². The van der Waals surface area contributed by atoms with Crippen molar-refractivity contribution in [2.24, 2.45) is 0 Å². The SMILES string of the molecule is COc1ccc(C(=O)O[C@H](C)C(=O)Nc2ccc(NC(C)=O)cc2)cc1S(=O)(=O)N1CCCC1. The predicted octanol–water partition coefficient (Wildman–Crippen LogP) is 2.62. The molecule has 2 N–H and O–H groups in total. The van der Waals surface area contributed by atoms with Crippen LogP contribution in [0.15, 0.2) is 47.4 Å². The molecule has 34 heavy (non-hydrogen) atoms. The molecule has 1 atom stereocenters. The lowest BCUT2D eigenvalue weighted by atomic mass is 10.2. The molecule has 1 aliphatic rings. The second-order valence-electron chi connectivity index (χ2n) is 7.77. The first-order chi connectivity index (χ1) is 16.1. The van der Waals surface area contributed by atoms with Gasteiger partial charge in [-0.3, -0.25) is 9.59 Å². The fourth-order valence-corrected chi connectivity index (χ4v) is 5.14. The van der Waals surface area contributed by atoms with E-state index >= 15 is 0 Å². The Morgan fingerprint density at radius 3 is 2.12 bits per heavy atom. The number of hydrogen-bond donors (Lipinski definition) is 2. The van der Waals surface area contributed by atoms with E-state index in [-0.39, 0.29) is 22.1 Å². The molecule has 0 unspecified atom stereocenters. The smallest absolute Gasteiger partial charge is 0.338 e. The second kappa shape index (κ2) is 10.7. The Labute approximate surface area is 198 Å². The van der Waals surface area contributed by atoms with Gasteiger partial charge in [-0.25, -0.2) is 13.2 Å². The molecule has 10 nitrogen and oxygen atoms in total. The van der Waals surface area contributed by atoms with E-state index in [1.54, 1.807) is 24.3 Å². The molecule has 2 aromatic rings. The van der Waals surface area contributed by atoms with Gasteiger partial charge in [-0.1, -0.05) is 0 Å². The maximum Gasteiger partial charge on any atom is 0.338 e. The molecule has 1 heterocycles. The number of nitrogens with zero attached hydrogens (tertiary/aromatic N) is 1. The highest BCUT2D eigenvalue weighted by Crippen LogP contribution is 2.30. The van der Waals surface area contributed by atoms with Crippen LogP contribution in [0, 0.1) is 0 Å². The molecule has 0 bridgehead atoms. The van der Waals surface area contributed by atoms with E-state index in [0.29, 0.717) is 24.5 Å². The molecule has 0 aliphatic carbocycles. The molecule has 1 saturated heterocycles. The van der Waals surface area contributed by atoms with E-state index in [9.17, 15) is 22.8 Å². The Kier molecular flexibility index (Phi) is 7.90. The van der Waals surface area contributed by atoms with Crippen molar-refractivity contribution in [2.75, 3.05) is 30.8 Å². The van der Waals surface area contributed by atoms with E-state index in [1.165, 1.54) is 43.5 Å². The molecule has 0 aromatic heterocycles. The number of ether oxygens (including phenoxy) is 2. The number of amides is 2. The number of carbonyl (C=O) groups is 3. The van der Waals surface area contributed by atoms with Gasteiger partial charge in [0.1, 0.15) is 10.6 Å². The van der Waals surface area contributed by atoms with Crippen molar-refractivity contribution in [3.63, 3.8) is 0 Å². The van der Waals surface area contributed by atoms with E-state index in [4.69, 9.17) is 9.47 Å². The van der Waals surface area contributed by atoms with Gasteiger partial charge in [-0.05, 0) is 62.2 Å². The third kappa shape index (κ3) is 5.91. The number of methoxy groups -OCH3 is 1. The number of rotatable bonds is 8. The average Bonchev–Trinajstić information content (AvgIpc) is 3.35. The zero-order chi connectivity index (χ0) is 24.9. The summed E-state index contributed by atoms with van der Waals surface area (Å²) in [6.07, 6.45) is 0.390. The lowest BCUT2D eigenvalue weighted by Gasteiger charge is -2.18. The molecule has 0 radical (unpaired) electrons. The van der Waals surface area contributed by atoms with Crippen LogP contribution in [-0.4, -0.2) is 56.8 Å². The molecule has 0 saturated carbocycles. The monoisotopic (exact) mass is 489 g/mol. The van der Waals surface area contributed by atoms with Crippen molar-refractivity contribution in [3.8, 4) is 5.75 Å². The fraction of sp³-hybridized carbons (Fsp3) is 0.348. The van der Waals surface area contributed by atoms with Crippen molar-refractivity contribution in [3.05, 3.63) is 48.0 Å². The molecule has 2 aromatic carbocycles. The summed E-state index contributed by atoms with van der Waals surface area (Å²) in [6, 6.07) is 10.4. The highest BCUT2D eigenvalue weighted by molar-refractivity contribution is 7.89. The second-order valence-corrected chi connectivity index (χ2v) is 9.68. The lowest BCUT2D eigenvalue weighted by molar-refractivity contribution is -0.123. The minimum absolute atomic E-state index is 0.0158. The van der Waals surface area contributed by atoms with Crippen molar-refractivity contribution in [2.45, 2.75) is 37.7 Å². The minimum atomic E-state index is -3.84. The quantitative estimate of drug-likeness (QED) is 0.545. The lowest BCUT2D eigenvalue weighted by Crippen LogP contribution is -2.30. The Balaban J connectivity index is 1.69. The Morgan fingerprint density at radius 1 is 0.971 bits per heavy atom. The average molecular weight is 490 g/mol. The summed E-state index contributed by atoms with van der Waals surface area (Å²) in [5, 5.41) is 5.24. The van der Waals surface area contributed by atoms with Crippen LogP contribution >= 0.6 is 0 Å².